The Morgan fingerprint density at radius 1 is 1.25 bits per heavy atom. The van der Waals surface area contributed by atoms with Crippen LogP contribution in [0, 0.1) is 0 Å². The molecular weight excluding hydrogens is 208 g/mol. The Morgan fingerprint density at radius 3 is 2.31 bits per heavy atom. The minimum absolute atomic E-state index is 0.328. The van der Waals surface area contributed by atoms with Gasteiger partial charge < -0.3 is 21.3 Å². The van der Waals surface area contributed by atoms with E-state index in [0.717, 1.165) is 6.54 Å². The maximum atomic E-state index is 11.2. The molecule has 16 heavy (non-hydrogen) atoms. The molecule has 6 heteroatoms. The highest BCUT2D eigenvalue weighted by atomic mass is 16.2. The quantitative estimate of drug-likeness (QED) is 0.472. The van der Waals surface area contributed by atoms with Gasteiger partial charge >= 0.3 is 11.8 Å². The molecule has 1 rings (SSSR count). The third-order valence-electron chi connectivity index (χ3n) is 2.56. The highest BCUT2D eigenvalue weighted by Crippen LogP contribution is 2.24. The number of carbonyl (C=O) groups is 2. The summed E-state index contributed by atoms with van der Waals surface area (Å²) in [6, 6.07) is 0.669. The standard InChI is InChI=1S/C10H20N4O2/c1-14(8-2-3-8)7-6-13-10(16)9(15)12-5-4-11/h8H,2-7,11H2,1H3,(H,12,15)(H,13,16). The molecule has 6 nitrogen and oxygen atoms in total. The Morgan fingerprint density at radius 2 is 1.81 bits per heavy atom. The minimum atomic E-state index is -0.612. The fourth-order valence-electron chi connectivity index (χ4n) is 1.39. The molecule has 0 aliphatic heterocycles. The first kappa shape index (κ1) is 12.9. The summed E-state index contributed by atoms with van der Waals surface area (Å²) in [4.78, 5) is 24.6. The number of nitrogens with one attached hydrogen (secondary N) is 2. The van der Waals surface area contributed by atoms with E-state index in [2.05, 4.69) is 15.5 Å². The van der Waals surface area contributed by atoms with E-state index in [1.807, 2.05) is 7.05 Å². The van der Waals surface area contributed by atoms with E-state index in [9.17, 15) is 9.59 Å². The van der Waals surface area contributed by atoms with Gasteiger partial charge in [-0.25, -0.2) is 0 Å². The molecule has 0 spiro atoms. The second-order valence-corrected chi connectivity index (χ2v) is 4.01. The van der Waals surface area contributed by atoms with Crippen LogP contribution in [0.1, 0.15) is 12.8 Å². The average Bonchev–Trinajstić information content (AvgIpc) is 3.09. The summed E-state index contributed by atoms with van der Waals surface area (Å²) >= 11 is 0. The molecule has 0 heterocycles. The van der Waals surface area contributed by atoms with Crippen LogP contribution in [0.4, 0.5) is 0 Å². The van der Waals surface area contributed by atoms with Crippen LogP contribution in [0.25, 0.3) is 0 Å². The van der Waals surface area contributed by atoms with Gasteiger partial charge in [0.25, 0.3) is 0 Å². The predicted octanol–water partition coefficient (Wildman–Crippen LogP) is -1.73. The molecule has 2 amide bonds. The van der Waals surface area contributed by atoms with Gasteiger partial charge in [-0.2, -0.15) is 0 Å². The van der Waals surface area contributed by atoms with Crippen molar-refractivity contribution in [3.05, 3.63) is 0 Å². The molecule has 0 aromatic rings. The largest absolute Gasteiger partial charge is 0.347 e. The predicted molar refractivity (Wildman–Crippen MR) is 60.7 cm³/mol. The Bertz CT molecular complexity index is 253. The first-order valence-corrected chi connectivity index (χ1v) is 5.61. The number of hydrogen-bond acceptors (Lipinski definition) is 4. The molecule has 0 bridgehead atoms. The van der Waals surface area contributed by atoms with Crippen LogP contribution in [0.3, 0.4) is 0 Å². The highest BCUT2D eigenvalue weighted by molar-refractivity contribution is 6.35. The van der Waals surface area contributed by atoms with Gasteiger partial charge in [-0.3, -0.25) is 9.59 Å². The lowest BCUT2D eigenvalue weighted by atomic mass is 10.4. The number of carbonyl (C=O) groups excluding carboxylic acids is 2. The van der Waals surface area contributed by atoms with Crippen LogP contribution >= 0.6 is 0 Å². The van der Waals surface area contributed by atoms with Gasteiger partial charge in [-0.15, -0.1) is 0 Å². The van der Waals surface area contributed by atoms with Crippen LogP contribution in [-0.4, -0.2) is 56.0 Å². The van der Waals surface area contributed by atoms with E-state index in [1.165, 1.54) is 12.8 Å². The zero-order chi connectivity index (χ0) is 12.0. The molecule has 1 aliphatic carbocycles. The number of amides is 2. The van der Waals surface area contributed by atoms with Crippen molar-refractivity contribution < 1.29 is 9.59 Å². The van der Waals surface area contributed by atoms with Gasteiger partial charge in [0.15, 0.2) is 0 Å². The van der Waals surface area contributed by atoms with Crippen LogP contribution < -0.4 is 16.4 Å². The average molecular weight is 228 g/mol. The van der Waals surface area contributed by atoms with Gasteiger partial charge in [-0.1, -0.05) is 0 Å². The molecule has 1 saturated carbocycles. The van der Waals surface area contributed by atoms with Crippen molar-refractivity contribution in [2.45, 2.75) is 18.9 Å². The maximum Gasteiger partial charge on any atom is 0.309 e. The molecule has 0 radical (unpaired) electrons. The lowest BCUT2D eigenvalue weighted by molar-refractivity contribution is -0.139. The Kier molecular flexibility index (Phi) is 5.21. The Balaban J connectivity index is 2.06. The lowest BCUT2D eigenvalue weighted by Gasteiger charge is -2.15. The van der Waals surface area contributed by atoms with Gasteiger partial charge in [0.05, 0.1) is 0 Å². The van der Waals surface area contributed by atoms with E-state index >= 15 is 0 Å². The molecular formula is C10H20N4O2. The van der Waals surface area contributed by atoms with E-state index in [0.29, 0.717) is 25.7 Å². The first-order valence-electron chi connectivity index (χ1n) is 5.61. The van der Waals surface area contributed by atoms with E-state index in [1.54, 1.807) is 0 Å². The monoisotopic (exact) mass is 228 g/mol. The SMILES string of the molecule is CN(CCNC(=O)C(=O)NCCN)C1CC1. The van der Waals surface area contributed by atoms with Crippen molar-refractivity contribution in [1.82, 2.24) is 15.5 Å². The van der Waals surface area contributed by atoms with Gasteiger partial charge in [0.1, 0.15) is 0 Å². The summed E-state index contributed by atoms with van der Waals surface area (Å²) < 4.78 is 0. The molecule has 4 N–H and O–H groups in total. The molecule has 92 valence electrons. The van der Waals surface area contributed by atoms with Gasteiger partial charge in [0.2, 0.25) is 0 Å². The zero-order valence-electron chi connectivity index (χ0n) is 9.66. The van der Waals surface area contributed by atoms with Crippen LogP contribution in [-0.2, 0) is 9.59 Å². The summed E-state index contributed by atoms with van der Waals surface area (Å²) in [5, 5.41) is 4.99. The molecule has 0 aromatic heterocycles. The Labute approximate surface area is 95.5 Å². The molecule has 1 aliphatic rings. The van der Waals surface area contributed by atoms with Crippen molar-refractivity contribution in [1.29, 1.82) is 0 Å². The third-order valence-corrected chi connectivity index (χ3v) is 2.56. The molecule has 0 aromatic carbocycles. The number of rotatable bonds is 6. The van der Waals surface area contributed by atoms with Gasteiger partial charge in [-0.05, 0) is 19.9 Å². The van der Waals surface area contributed by atoms with E-state index < -0.39 is 11.8 Å². The number of nitrogens with zero attached hydrogens (tertiary/aromatic N) is 1. The lowest BCUT2D eigenvalue weighted by Crippen LogP contribution is -2.43. The maximum absolute atomic E-state index is 11.2. The summed E-state index contributed by atoms with van der Waals surface area (Å²) in [5.74, 6) is -1.20. The van der Waals surface area contributed by atoms with Crippen molar-refractivity contribution in [2.75, 3.05) is 33.2 Å². The van der Waals surface area contributed by atoms with Crippen molar-refractivity contribution in [3.63, 3.8) is 0 Å². The Hall–Kier alpha value is -1.14. The number of nitrogens with two attached hydrogens (primary N) is 1. The summed E-state index contributed by atoms with van der Waals surface area (Å²) in [5.41, 5.74) is 5.20. The molecule has 0 unspecified atom stereocenters. The first-order chi connectivity index (χ1) is 7.65. The zero-order valence-corrected chi connectivity index (χ0v) is 9.66. The number of likely N-dealkylation sites (N-methyl/N-ethyl adjacent to an activating group) is 1. The van der Waals surface area contributed by atoms with Crippen molar-refractivity contribution >= 4 is 11.8 Å². The third kappa shape index (κ3) is 4.59. The molecule has 0 atom stereocenters. The van der Waals surface area contributed by atoms with E-state index in [-0.39, 0.29) is 0 Å². The molecule has 0 saturated heterocycles. The summed E-state index contributed by atoms with van der Waals surface area (Å²) in [6.45, 7) is 1.94. The second kappa shape index (κ2) is 6.44. The minimum Gasteiger partial charge on any atom is -0.347 e. The van der Waals surface area contributed by atoms with Crippen LogP contribution in [0.2, 0.25) is 0 Å². The van der Waals surface area contributed by atoms with Crippen LogP contribution in [0.5, 0.6) is 0 Å². The fourth-order valence-corrected chi connectivity index (χ4v) is 1.39. The molecule has 1 fully saturated rings. The topological polar surface area (TPSA) is 87.5 Å². The van der Waals surface area contributed by atoms with Crippen molar-refractivity contribution in [3.8, 4) is 0 Å². The van der Waals surface area contributed by atoms with Crippen molar-refractivity contribution in [2.24, 2.45) is 5.73 Å². The fraction of sp³-hybridized carbons (Fsp3) is 0.800. The summed E-state index contributed by atoms with van der Waals surface area (Å²) in [6.07, 6.45) is 2.48. The van der Waals surface area contributed by atoms with E-state index in [4.69, 9.17) is 5.73 Å². The summed E-state index contributed by atoms with van der Waals surface area (Å²) in [7, 11) is 2.03. The highest BCUT2D eigenvalue weighted by Gasteiger charge is 2.25. The number of hydrogen-bond donors (Lipinski definition) is 3. The van der Waals surface area contributed by atoms with Crippen LogP contribution in [0.15, 0.2) is 0 Å². The normalized spacial score (nSPS) is 14.9. The smallest absolute Gasteiger partial charge is 0.309 e. The van der Waals surface area contributed by atoms with Gasteiger partial charge in [0, 0.05) is 32.2 Å². The second-order valence-electron chi connectivity index (χ2n) is 4.01.